The summed E-state index contributed by atoms with van der Waals surface area (Å²) in [4.78, 5) is 28.3. The molecule has 1 fully saturated rings. The quantitative estimate of drug-likeness (QED) is 0.741. The van der Waals surface area contributed by atoms with Crippen molar-refractivity contribution in [2.45, 2.75) is 12.5 Å². The third-order valence-corrected chi connectivity index (χ3v) is 5.01. The first-order valence-corrected chi connectivity index (χ1v) is 8.82. The van der Waals surface area contributed by atoms with Crippen LogP contribution in [0.5, 0.6) is 0 Å². The van der Waals surface area contributed by atoms with Gasteiger partial charge in [-0.3, -0.25) is 0 Å². The normalized spacial score (nSPS) is 16.8. The minimum Gasteiger partial charge on any atom is -0.354 e. The molecule has 0 aliphatic carbocycles. The fourth-order valence-electron chi connectivity index (χ4n) is 3.27. The van der Waals surface area contributed by atoms with Crippen molar-refractivity contribution in [2.75, 3.05) is 30.4 Å². The van der Waals surface area contributed by atoms with Gasteiger partial charge in [-0.15, -0.1) is 0 Å². The number of urea groups is 1. The maximum atomic E-state index is 12.5. The Morgan fingerprint density at radius 1 is 1.31 bits per heavy atom. The standard InChI is InChI=1S/C18H19ClN6O/c1-24(18(26)23-13-4-2-12(19)3-5-13)14-7-9-25(10-14)17-15-6-8-20-16(15)21-11-22-17/h2-6,8,11,14H,7,9-10H2,1H3,(H,23,26)(H,20,21,22). The summed E-state index contributed by atoms with van der Waals surface area (Å²) in [6.07, 6.45) is 4.32. The molecule has 1 aliphatic rings. The van der Waals surface area contributed by atoms with Gasteiger partial charge in [0.05, 0.1) is 11.4 Å². The summed E-state index contributed by atoms with van der Waals surface area (Å²) >= 11 is 5.88. The number of amides is 2. The third-order valence-electron chi connectivity index (χ3n) is 4.76. The molecule has 1 aliphatic heterocycles. The van der Waals surface area contributed by atoms with Gasteiger partial charge in [0.25, 0.3) is 0 Å². The second kappa shape index (κ2) is 6.84. The van der Waals surface area contributed by atoms with E-state index in [1.807, 2.05) is 19.3 Å². The van der Waals surface area contributed by atoms with Crippen LogP contribution in [0.1, 0.15) is 6.42 Å². The fourth-order valence-corrected chi connectivity index (χ4v) is 3.40. The van der Waals surface area contributed by atoms with Crippen LogP contribution in [0.25, 0.3) is 11.0 Å². The Bertz CT molecular complexity index is 925. The van der Waals surface area contributed by atoms with E-state index in [-0.39, 0.29) is 12.1 Å². The average Bonchev–Trinajstić information content (AvgIpc) is 3.32. The van der Waals surface area contributed by atoms with Crippen LogP contribution < -0.4 is 10.2 Å². The molecule has 1 unspecified atom stereocenters. The van der Waals surface area contributed by atoms with Crippen molar-refractivity contribution < 1.29 is 4.79 Å². The largest absolute Gasteiger partial charge is 0.354 e. The highest BCUT2D eigenvalue weighted by Crippen LogP contribution is 2.27. The second-order valence-corrected chi connectivity index (χ2v) is 6.81. The summed E-state index contributed by atoms with van der Waals surface area (Å²) in [7, 11) is 1.82. The number of nitrogens with one attached hydrogen (secondary N) is 2. The highest BCUT2D eigenvalue weighted by Gasteiger charge is 2.30. The van der Waals surface area contributed by atoms with Crippen LogP contribution in [0.2, 0.25) is 5.02 Å². The topological polar surface area (TPSA) is 77.2 Å². The molecule has 3 heterocycles. The SMILES string of the molecule is CN(C(=O)Nc1ccc(Cl)cc1)C1CCN(c2ncnc3[nH]ccc23)C1. The summed E-state index contributed by atoms with van der Waals surface area (Å²) in [6, 6.07) is 9.06. The molecule has 8 heteroatoms. The zero-order valence-electron chi connectivity index (χ0n) is 14.3. The highest BCUT2D eigenvalue weighted by atomic mass is 35.5. The second-order valence-electron chi connectivity index (χ2n) is 6.37. The molecule has 0 bridgehead atoms. The van der Waals surface area contributed by atoms with Gasteiger partial charge >= 0.3 is 6.03 Å². The van der Waals surface area contributed by atoms with E-state index in [1.54, 1.807) is 35.5 Å². The van der Waals surface area contributed by atoms with Gasteiger partial charge in [0.1, 0.15) is 17.8 Å². The number of aromatic amines is 1. The smallest absolute Gasteiger partial charge is 0.321 e. The number of fused-ring (bicyclic) bond motifs is 1. The molecule has 1 saturated heterocycles. The first-order chi connectivity index (χ1) is 12.6. The molecule has 1 aromatic carbocycles. The van der Waals surface area contributed by atoms with E-state index >= 15 is 0 Å². The van der Waals surface area contributed by atoms with E-state index < -0.39 is 0 Å². The molecule has 2 aromatic heterocycles. The summed E-state index contributed by atoms with van der Waals surface area (Å²) < 4.78 is 0. The van der Waals surface area contributed by atoms with Gasteiger partial charge in [-0.25, -0.2) is 14.8 Å². The number of rotatable bonds is 3. The van der Waals surface area contributed by atoms with Gasteiger partial charge in [-0.2, -0.15) is 0 Å². The molecule has 2 N–H and O–H groups in total. The fraction of sp³-hybridized carbons (Fsp3) is 0.278. The van der Waals surface area contributed by atoms with Crippen LogP contribution in [-0.4, -0.2) is 52.1 Å². The number of likely N-dealkylation sites (N-methyl/N-ethyl adjacent to an activating group) is 1. The predicted octanol–water partition coefficient (Wildman–Crippen LogP) is 3.35. The van der Waals surface area contributed by atoms with Crippen LogP contribution >= 0.6 is 11.6 Å². The monoisotopic (exact) mass is 370 g/mol. The Kier molecular flexibility index (Phi) is 4.38. The number of carbonyl (C=O) groups is 1. The maximum absolute atomic E-state index is 12.5. The molecule has 0 spiro atoms. The first-order valence-electron chi connectivity index (χ1n) is 8.44. The van der Waals surface area contributed by atoms with Gasteiger partial charge in [0.15, 0.2) is 0 Å². The van der Waals surface area contributed by atoms with Gasteiger partial charge in [-0.05, 0) is 36.8 Å². The summed E-state index contributed by atoms with van der Waals surface area (Å²) in [5, 5.41) is 4.55. The Labute approximate surface area is 156 Å². The van der Waals surface area contributed by atoms with Crippen molar-refractivity contribution in [1.82, 2.24) is 19.9 Å². The number of halogens is 1. The number of hydrogen-bond acceptors (Lipinski definition) is 4. The summed E-state index contributed by atoms with van der Waals surface area (Å²) in [5.74, 6) is 0.908. The molecule has 4 rings (SSSR count). The Balaban J connectivity index is 1.43. The van der Waals surface area contributed by atoms with E-state index in [9.17, 15) is 4.79 Å². The lowest BCUT2D eigenvalue weighted by Gasteiger charge is -2.25. The predicted molar refractivity (Wildman–Crippen MR) is 103 cm³/mol. The lowest BCUT2D eigenvalue weighted by atomic mass is 10.2. The zero-order valence-corrected chi connectivity index (χ0v) is 15.1. The van der Waals surface area contributed by atoms with E-state index in [0.29, 0.717) is 5.02 Å². The molecular formula is C18H19ClN6O. The van der Waals surface area contributed by atoms with E-state index in [2.05, 4.69) is 25.2 Å². The number of hydrogen-bond donors (Lipinski definition) is 2. The third kappa shape index (κ3) is 3.17. The Morgan fingerprint density at radius 3 is 2.92 bits per heavy atom. The maximum Gasteiger partial charge on any atom is 0.321 e. The molecule has 7 nitrogen and oxygen atoms in total. The zero-order chi connectivity index (χ0) is 18.1. The Hall–Kier alpha value is -2.80. The van der Waals surface area contributed by atoms with Crippen molar-refractivity contribution in [2.24, 2.45) is 0 Å². The lowest BCUT2D eigenvalue weighted by Crippen LogP contribution is -2.41. The number of carbonyl (C=O) groups excluding carboxylic acids is 1. The molecule has 134 valence electrons. The van der Waals surface area contributed by atoms with Crippen LogP contribution in [-0.2, 0) is 0 Å². The Morgan fingerprint density at radius 2 is 2.12 bits per heavy atom. The minimum absolute atomic E-state index is 0.117. The molecule has 3 aromatic rings. The van der Waals surface area contributed by atoms with Crippen molar-refractivity contribution >= 4 is 40.2 Å². The molecular weight excluding hydrogens is 352 g/mol. The van der Waals surface area contributed by atoms with E-state index in [1.165, 1.54) is 0 Å². The van der Waals surface area contributed by atoms with Crippen molar-refractivity contribution in [3.63, 3.8) is 0 Å². The van der Waals surface area contributed by atoms with Gasteiger partial charge in [0, 0.05) is 37.0 Å². The summed E-state index contributed by atoms with van der Waals surface area (Å²) in [6.45, 7) is 1.59. The number of benzene rings is 1. The summed E-state index contributed by atoms with van der Waals surface area (Å²) in [5.41, 5.74) is 1.55. The van der Waals surface area contributed by atoms with E-state index in [0.717, 1.165) is 42.0 Å². The lowest BCUT2D eigenvalue weighted by molar-refractivity contribution is 0.208. The van der Waals surface area contributed by atoms with Gasteiger partial charge in [-0.1, -0.05) is 11.6 Å². The average molecular weight is 371 g/mol. The van der Waals surface area contributed by atoms with Crippen LogP contribution in [0, 0.1) is 0 Å². The minimum atomic E-state index is -0.131. The van der Waals surface area contributed by atoms with Crippen molar-refractivity contribution in [3.8, 4) is 0 Å². The molecule has 2 amide bonds. The van der Waals surface area contributed by atoms with Gasteiger partial charge in [0.2, 0.25) is 0 Å². The number of H-pyrrole nitrogens is 1. The van der Waals surface area contributed by atoms with Crippen LogP contribution in [0.15, 0.2) is 42.9 Å². The molecule has 0 radical (unpaired) electrons. The van der Waals surface area contributed by atoms with Crippen LogP contribution in [0.3, 0.4) is 0 Å². The van der Waals surface area contributed by atoms with Crippen molar-refractivity contribution in [3.05, 3.63) is 47.9 Å². The van der Waals surface area contributed by atoms with Crippen molar-refractivity contribution in [1.29, 1.82) is 0 Å². The number of nitrogens with zero attached hydrogens (tertiary/aromatic N) is 4. The first kappa shape index (κ1) is 16.7. The molecule has 0 saturated carbocycles. The highest BCUT2D eigenvalue weighted by molar-refractivity contribution is 6.30. The van der Waals surface area contributed by atoms with Gasteiger partial charge < -0.3 is 20.1 Å². The van der Waals surface area contributed by atoms with E-state index in [4.69, 9.17) is 11.6 Å². The number of anilines is 2. The van der Waals surface area contributed by atoms with Crippen LogP contribution in [0.4, 0.5) is 16.3 Å². The number of aromatic nitrogens is 3. The molecule has 1 atom stereocenters. The molecule has 26 heavy (non-hydrogen) atoms.